The third-order valence-corrected chi connectivity index (χ3v) is 3.47. The lowest BCUT2D eigenvalue weighted by atomic mass is 10.1. The van der Waals surface area contributed by atoms with Crippen LogP contribution in [0.1, 0.15) is 29.6 Å². The smallest absolute Gasteiger partial charge is 0.343 e. The number of halogens is 4. The average molecular weight is 366 g/mol. The molecule has 2 rings (SSSR count). The van der Waals surface area contributed by atoms with Crippen LogP contribution in [0.2, 0.25) is 0 Å². The number of rotatable bonds is 5. The average Bonchev–Trinajstić information content (AvgIpc) is 2.97. The summed E-state index contributed by atoms with van der Waals surface area (Å²) in [5.74, 6) is -0.950. The highest BCUT2D eigenvalue weighted by Crippen LogP contribution is 2.15. The van der Waals surface area contributed by atoms with Gasteiger partial charge in [0.25, 0.3) is 5.91 Å². The fourth-order valence-electron chi connectivity index (χ4n) is 2.35. The number of benzene rings is 1. The fraction of sp³-hybridized carbons (Fsp3) is 0.467. The standard InChI is InChI=1S/C15H18F3N3O2.ClH/c16-15(17,18)9-20-14(23)10-3-5-11(6-4-10)21-13(22)8-12-2-1-7-19-12;/h3-6,12,19H,1-2,7-9H2,(H,20,23)(H,21,22);1H. The third kappa shape index (κ3) is 6.76. The molecule has 1 saturated heterocycles. The highest BCUT2D eigenvalue weighted by atomic mass is 35.5. The molecule has 0 radical (unpaired) electrons. The normalized spacial score (nSPS) is 17.0. The maximum absolute atomic E-state index is 12.0. The molecule has 1 aliphatic rings. The van der Waals surface area contributed by atoms with Crippen LogP contribution in [0.3, 0.4) is 0 Å². The zero-order chi connectivity index (χ0) is 16.9. The maximum atomic E-state index is 12.0. The summed E-state index contributed by atoms with van der Waals surface area (Å²) in [5.41, 5.74) is 0.602. The van der Waals surface area contributed by atoms with Gasteiger partial charge in [-0.3, -0.25) is 9.59 Å². The van der Waals surface area contributed by atoms with Crippen LogP contribution < -0.4 is 16.0 Å². The second kappa shape index (κ2) is 8.89. The van der Waals surface area contributed by atoms with E-state index in [4.69, 9.17) is 0 Å². The van der Waals surface area contributed by atoms with E-state index in [9.17, 15) is 22.8 Å². The Kier molecular flexibility index (Phi) is 7.50. The van der Waals surface area contributed by atoms with E-state index in [2.05, 4.69) is 10.6 Å². The van der Waals surface area contributed by atoms with Crippen LogP contribution in [-0.2, 0) is 4.79 Å². The van der Waals surface area contributed by atoms with Crippen LogP contribution in [0.5, 0.6) is 0 Å². The van der Waals surface area contributed by atoms with E-state index in [1.54, 1.807) is 5.32 Å². The predicted molar refractivity (Wildman–Crippen MR) is 86.3 cm³/mol. The molecule has 1 aromatic rings. The summed E-state index contributed by atoms with van der Waals surface area (Å²) in [5, 5.41) is 7.71. The number of hydrogen-bond acceptors (Lipinski definition) is 3. The van der Waals surface area contributed by atoms with Crippen LogP contribution in [0.25, 0.3) is 0 Å². The van der Waals surface area contributed by atoms with Gasteiger partial charge in [-0.15, -0.1) is 12.4 Å². The molecule has 24 heavy (non-hydrogen) atoms. The number of carbonyl (C=O) groups is 2. The molecule has 1 aliphatic heterocycles. The van der Waals surface area contributed by atoms with Crippen LogP contribution in [0, 0.1) is 0 Å². The van der Waals surface area contributed by atoms with Gasteiger partial charge in [-0.1, -0.05) is 0 Å². The monoisotopic (exact) mass is 365 g/mol. The summed E-state index contributed by atoms with van der Waals surface area (Å²) in [7, 11) is 0. The minimum Gasteiger partial charge on any atom is -0.343 e. The number of amides is 2. The molecular formula is C15H19ClF3N3O2. The van der Waals surface area contributed by atoms with Crippen molar-refractivity contribution in [1.82, 2.24) is 10.6 Å². The summed E-state index contributed by atoms with van der Waals surface area (Å²) in [4.78, 5) is 23.4. The SMILES string of the molecule is Cl.O=C(CC1CCCN1)Nc1ccc(C(=O)NCC(F)(F)F)cc1. The second-order valence-corrected chi connectivity index (χ2v) is 5.42. The first-order valence-electron chi connectivity index (χ1n) is 7.32. The molecule has 0 aromatic heterocycles. The van der Waals surface area contributed by atoms with Gasteiger partial charge in [-0.25, -0.2) is 0 Å². The molecule has 1 aromatic carbocycles. The van der Waals surface area contributed by atoms with Gasteiger partial charge in [-0.2, -0.15) is 13.2 Å². The van der Waals surface area contributed by atoms with Crippen LogP contribution in [-0.4, -0.2) is 37.1 Å². The number of hydrogen-bond donors (Lipinski definition) is 3. The molecule has 1 fully saturated rings. The highest BCUT2D eigenvalue weighted by molar-refractivity contribution is 5.95. The summed E-state index contributed by atoms with van der Waals surface area (Å²) in [6.07, 6.45) is -2.06. The Hall–Kier alpha value is -1.80. The van der Waals surface area contributed by atoms with Crippen molar-refractivity contribution in [3.05, 3.63) is 29.8 Å². The first-order chi connectivity index (χ1) is 10.8. The second-order valence-electron chi connectivity index (χ2n) is 5.42. The van der Waals surface area contributed by atoms with Crippen LogP contribution >= 0.6 is 12.4 Å². The van der Waals surface area contributed by atoms with Crippen molar-refractivity contribution in [2.75, 3.05) is 18.4 Å². The van der Waals surface area contributed by atoms with Gasteiger partial charge in [0.1, 0.15) is 6.54 Å². The zero-order valence-corrected chi connectivity index (χ0v) is 13.6. The van der Waals surface area contributed by atoms with E-state index in [0.29, 0.717) is 12.1 Å². The van der Waals surface area contributed by atoms with Crippen molar-refractivity contribution >= 4 is 29.9 Å². The van der Waals surface area contributed by atoms with Crippen molar-refractivity contribution in [2.45, 2.75) is 31.5 Å². The van der Waals surface area contributed by atoms with Gasteiger partial charge >= 0.3 is 6.18 Å². The van der Waals surface area contributed by atoms with Crippen molar-refractivity contribution in [3.8, 4) is 0 Å². The van der Waals surface area contributed by atoms with Gasteiger partial charge < -0.3 is 16.0 Å². The van der Waals surface area contributed by atoms with Crippen molar-refractivity contribution in [1.29, 1.82) is 0 Å². The Labute approximate surface area is 143 Å². The molecule has 1 atom stereocenters. The summed E-state index contributed by atoms with van der Waals surface area (Å²) >= 11 is 0. The van der Waals surface area contributed by atoms with E-state index >= 15 is 0 Å². The Morgan fingerprint density at radius 2 is 1.88 bits per heavy atom. The molecule has 3 N–H and O–H groups in total. The molecule has 5 nitrogen and oxygen atoms in total. The fourth-order valence-corrected chi connectivity index (χ4v) is 2.35. The molecule has 0 bridgehead atoms. The van der Waals surface area contributed by atoms with Gasteiger partial charge in [0, 0.05) is 23.7 Å². The Balaban J connectivity index is 0.00000288. The first-order valence-corrected chi connectivity index (χ1v) is 7.32. The Morgan fingerprint density at radius 1 is 1.21 bits per heavy atom. The first kappa shape index (κ1) is 20.2. The molecule has 1 heterocycles. The topological polar surface area (TPSA) is 70.2 Å². The molecular weight excluding hydrogens is 347 g/mol. The van der Waals surface area contributed by atoms with E-state index in [0.717, 1.165) is 19.4 Å². The zero-order valence-electron chi connectivity index (χ0n) is 12.8. The molecule has 0 saturated carbocycles. The summed E-state index contributed by atoms with van der Waals surface area (Å²) < 4.78 is 36.1. The summed E-state index contributed by atoms with van der Waals surface area (Å²) in [6, 6.07) is 5.90. The molecule has 1 unspecified atom stereocenters. The number of alkyl halides is 3. The van der Waals surface area contributed by atoms with Gasteiger partial charge in [-0.05, 0) is 43.7 Å². The lowest BCUT2D eigenvalue weighted by Gasteiger charge is -2.11. The minimum atomic E-state index is -4.45. The van der Waals surface area contributed by atoms with Crippen molar-refractivity contribution < 1.29 is 22.8 Å². The van der Waals surface area contributed by atoms with Gasteiger partial charge in [0.2, 0.25) is 5.91 Å². The van der Waals surface area contributed by atoms with E-state index in [-0.39, 0.29) is 29.9 Å². The molecule has 0 spiro atoms. The number of nitrogens with one attached hydrogen (secondary N) is 3. The van der Waals surface area contributed by atoms with Gasteiger partial charge in [0.15, 0.2) is 0 Å². The lowest BCUT2D eigenvalue weighted by molar-refractivity contribution is -0.123. The van der Waals surface area contributed by atoms with Crippen molar-refractivity contribution in [3.63, 3.8) is 0 Å². The largest absolute Gasteiger partial charge is 0.405 e. The highest BCUT2D eigenvalue weighted by Gasteiger charge is 2.27. The minimum absolute atomic E-state index is 0. The third-order valence-electron chi connectivity index (χ3n) is 3.47. The van der Waals surface area contributed by atoms with Gasteiger partial charge in [0.05, 0.1) is 0 Å². The molecule has 0 aliphatic carbocycles. The molecule has 134 valence electrons. The quantitative estimate of drug-likeness (QED) is 0.750. The summed E-state index contributed by atoms with van der Waals surface area (Å²) in [6.45, 7) is -0.460. The van der Waals surface area contributed by atoms with Crippen LogP contribution in [0.15, 0.2) is 24.3 Å². The Bertz CT molecular complexity index is 558. The van der Waals surface area contributed by atoms with E-state index < -0.39 is 18.6 Å². The predicted octanol–water partition coefficient (Wildman–Crippen LogP) is 2.48. The van der Waals surface area contributed by atoms with E-state index in [1.807, 2.05) is 0 Å². The van der Waals surface area contributed by atoms with Crippen molar-refractivity contribution in [2.24, 2.45) is 0 Å². The maximum Gasteiger partial charge on any atom is 0.405 e. The lowest BCUT2D eigenvalue weighted by Crippen LogP contribution is -2.33. The molecule has 9 heteroatoms. The number of anilines is 1. The molecule has 2 amide bonds. The van der Waals surface area contributed by atoms with E-state index in [1.165, 1.54) is 24.3 Å². The van der Waals surface area contributed by atoms with Crippen LogP contribution in [0.4, 0.5) is 18.9 Å². The Morgan fingerprint density at radius 3 is 2.42 bits per heavy atom. The number of carbonyl (C=O) groups excluding carboxylic acids is 2.